The quantitative estimate of drug-likeness (QED) is 0.669. The molecule has 0 atom stereocenters. The molecule has 0 saturated heterocycles. The fourth-order valence-corrected chi connectivity index (χ4v) is 2.82. The summed E-state index contributed by atoms with van der Waals surface area (Å²) in [5, 5.41) is 3.21. The predicted octanol–water partition coefficient (Wildman–Crippen LogP) is 1.03. The first-order valence-corrected chi connectivity index (χ1v) is 8.38. The van der Waals surface area contributed by atoms with Gasteiger partial charge in [0.25, 0.3) is 0 Å². The van der Waals surface area contributed by atoms with Crippen molar-refractivity contribution < 1.29 is 8.42 Å². The highest BCUT2D eigenvalue weighted by molar-refractivity contribution is 7.89. The molecule has 0 saturated carbocycles. The third kappa shape index (κ3) is 6.00. The summed E-state index contributed by atoms with van der Waals surface area (Å²) in [5.41, 5.74) is 1.08. The van der Waals surface area contributed by atoms with E-state index < -0.39 is 10.0 Å². The molecule has 0 radical (unpaired) electrons. The van der Waals surface area contributed by atoms with Crippen LogP contribution in [0.15, 0.2) is 29.2 Å². The molecule has 2 N–H and O–H groups in total. The van der Waals surface area contributed by atoms with E-state index in [0.29, 0.717) is 11.4 Å². The van der Waals surface area contributed by atoms with E-state index in [1.807, 2.05) is 38.1 Å². The van der Waals surface area contributed by atoms with Crippen molar-refractivity contribution in [3.63, 3.8) is 0 Å². The van der Waals surface area contributed by atoms with E-state index in [2.05, 4.69) is 10.0 Å². The topological polar surface area (TPSA) is 61.4 Å². The third-order valence-corrected chi connectivity index (χ3v) is 4.36. The Kier molecular flexibility index (Phi) is 7.15. The van der Waals surface area contributed by atoms with Crippen LogP contribution in [0.2, 0.25) is 0 Å². The molecule has 1 rings (SSSR count). The van der Waals surface area contributed by atoms with Gasteiger partial charge < -0.3 is 10.2 Å². The van der Waals surface area contributed by atoms with Crippen molar-refractivity contribution in [3.8, 4) is 0 Å². The van der Waals surface area contributed by atoms with Crippen molar-refractivity contribution in [3.05, 3.63) is 29.8 Å². The molecule has 0 amide bonds. The van der Waals surface area contributed by atoms with Gasteiger partial charge in [-0.15, -0.1) is 0 Å². The summed E-state index contributed by atoms with van der Waals surface area (Å²) in [6.07, 6.45) is 0.796. The highest BCUT2D eigenvalue weighted by atomic mass is 32.2. The Bertz CT molecular complexity index is 484. The van der Waals surface area contributed by atoms with Crippen LogP contribution in [0.4, 0.5) is 0 Å². The van der Waals surface area contributed by atoms with Gasteiger partial charge in [0.05, 0.1) is 4.90 Å². The highest BCUT2D eigenvalue weighted by Gasteiger charge is 2.12. The minimum Gasteiger partial charge on any atom is -0.313 e. The molecule has 1 aromatic carbocycles. The molecule has 0 aromatic heterocycles. The van der Waals surface area contributed by atoms with Crippen molar-refractivity contribution in [2.75, 3.05) is 33.7 Å². The SMILES string of the molecule is CCNCc1ccc(S(=O)(=O)NCCCN(C)C)cc1. The van der Waals surface area contributed by atoms with Gasteiger partial charge in [0, 0.05) is 13.1 Å². The smallest absolute Gasteiger partial charge is 0.240 e. The van der Waals surface area contributed by atoms with E-state index >= 15 is 0 Å². The zero-order valence-corrected chi connectivity index (χ0v) is 13.3. The Morgan fingerprint density at radius 2 is 1.80 bits per heavy atom. The second-order valence-electron chi connectivity index (χ2n) is 4.98. The summed E-state index contributed by atoms with van der Waals surface area (Å²) in [6, 6.07) is 7.00. The van der Waals surface area contributed by atoms with Crippen LogP contribution in [0.25, 0.3) is 0 Å². The molecule has 114 valence electrons. The minimum atomic E-state index is -3.38. The fraction of sp³-hybridized carbons (Fsp3) is 0.571. The Balaban J connectivity index is 2.54. The maximum atomic E-state index is 12.1. The number of hydrogen-bond donors (Lipinski definition) is 2. The lowest BCUT2D eigenvalue weighted by molar-refractivity contribution is 0.400. The zero-order valence-electron chi connectivity index (χ0n) is 12.5. The van der Waals surface area contributed by atoms with Gasteiger partial charge in [-0.25, -0.2) is 13.1 Å². The second kappa shape index (κ2) is 8.36. The molecule has 6 heteroatoms. The van der Waals surface area contributed by atoms with E-state index in [1.54, 1.807) is 12.1 Å². The van der Waals surface area contributed by atoms with E-state index in [4.69, 9.17) is 0 Å². The number of rotatable bonds is 9. The average molecular weight is 299 g/mol. The molecule has 20 heavy (non-hydrogen) atoms. The van der Waals surface area contributed by atoms with Crippen LogP contribution < -0.4 is 10.0 Å². The van der Waals surface area contributed by atoms with Crippen molar-refractivity contribution in [2.45, 2.75) is 24.8 Å². The molecule has 0 fully saturated rings. The van der Waals surface area contributed by atoms with Crippen LogP contribution in [0.5, 0.6) is 0 Å². The van der Waals surface area contributed by atoms with Crippen LogP contribution >= 0.6 is 0 Å². The Labute approximate surface area is 122 Å². The summed E-state index contributed by atoms with van der Waals surface area (Å²) in [4.78, 5) is 2.35. The molecule has 0 aliphatic carbocycles. The zero-order chi connectivity index (χ0) is 15.0. The molecule has 5 nitrogen and oxygen atoms in total. The second-order valence-corrected chi connectivity index (χ2v) is 6.75. The molecule has 0 aliphatic rings. The summed E-state index contributed by atoms with van der Waals surface area (Å²) >= 11 is 0. The number of nitrogens with zero attached hydrogens (tertiary/aromatic N) is 1. The maximum Gasteiger partial charge on any atom is 0.240 e. The van der Waals surface area contributed by atoms with Gasteiger partial charge in [-0.1, -0.05) is 19.1 Å². The first kappa shape index (κ1) is 17.1. The molecular formula is C14H25N3O2S. The molecule has 0 bridgehead atoms. The third-order valence-electron chi connectivity index (χ3n) is 2.89. The monoisotopic (exact) mass is 299 g/mol. The van der Waals surface area contributed by atoms with Gasteiger partial charge in [-0.05, 0) is 51.3 Å². The first-order valence-electron chi connectivity index (χ1n) is 6.89. The molecule has 1 aromatic rings. The summed E-state index contributed by atoms with van der Waals surface area (Å²) in [5.74, 6) is 0. The van der Waals surface area contributed by atoms with E-state index in [-0.39, 0.29) is 0 Å². The highest BCUT2D eigenvalue weighted by Crippen LogP contribution is 2.10. The molecule has 0 heterocycles. The van der Waals surface area contributed by atoms with Crippen molar-refractivity contribution in [1.29, 1.82) is 0 Å². The average Bonchev–Trinajstić information content (AvgIpc) is 2.42. The molecule has 0 spiro atoms. The minimum absolute atomic E-state index is 0.322. The molecule has 0 aliphatic heterocycles. The Morgan fingerprint density at radius 1 is 1.15 bits per heavy atom. The van der Waals surface area contributed by atoms with Gasteiger partial charge in [-0.2, -0.15) is 0 Å². The van der Waals surface area contributed by atoms with Crippen molar-refractivity contribution in [1.82, 2.24) is 14.9 Å². The van der Waals surface area contributed by atoms with E-state index in [0.717, 1.165) is 31.6 Å². The van der Waals surface area contributed by atoms with E-state index in [1.165, 1.54) is 0 Å². The fourth-order valence-electron chi connectivity index (χ4n) is 1.74. The van der Waals surface area contributed by atoms with Crippen LogP contribution in [-0.2, 0) is 16.6 Å². The summed E-state index contributed by atoms with van der Waals surface area (Å²) < 4.78 is 26.7. The Morgan fingerprint density at radius 3 is 2.35 bits per heavy atom. The van der Waals surface area contributed by atoms with E-state index in [9.17, 15) is 8.42 Å². The van der Waals surface area contributed by atoms with Gasteiger partial charge >= 0.3 is 0 Å². The van der Waals surface area contributed by atoms with Gasteiger partial charge in [0.15, 0.2) is 0 Å². The number of hydrogen-bond acceptors (Lipinski definition) is 4. The van der Waals surface area contributed by atoms with Crippen molar-refractivity contribution >= 4 is 10.0 Å². The van der Waals surface area contributed by atoms with Crippen LogP contribution in [0, 0.1) is 0 Å². The lowest BCUT2D eigenvalue weighted by Gasteiger charge is -2.10. The largest absolute Gasteiger partial charge is 0.313 e. The number of sulfonamides is 1. The summed E-state index contributed by atoms with van der Waals surface area (Å²) in [7, 11) is 0.555. The van der Waals surface area contributed by atoms with Crippen LogP contribution in [0.3, 0.4) is 0 Å². The van der Waals surface area contributed by atoms with Crippen LogP contribution in [-0.4, -0.2) is 47.0 Å². The Hall–Kier alpha value is -0.950. The number of nitrogens with one attached hydrogen (secondary N) is 2. The lowest BCUT2D eigenvalue weighted by Crippen LogP contribution is -2.27. The molecule has 0 unspecified atom stereocenters. The molecular weight excluding hydrogens is 274 g/mol. The summed E-state index contributed by atoms with van der Waals surface area (Å²) in [6.45, 7) is 5.01. The number of benzene rings is 1. The van der Waals surface area contributed by atoms with Gasteiger partial charge in [0.2, 0.25) is 10.0 Å². The van der Waals surface area contributed by atoms with Gasteiger partial charge in [0.1, 0.15) is 0 Å². The van der Waals surface area contributed by atoms with Gasteiger partial charge in [-0.3, -0.25) is 0 Å². The van der Waals surface area contributed by atoms with Crippen molar-refractivity contribution in [2.24, 2.45) is 0 Å². The van der Waals surface area contributed by atoms with Crippen LogP contribution in [0.1, 0.15) is 18.9 Å². The normalized spacial score (nSPS) is 12.0. The predicted molar refractivity (Wildman–Crippen MR) is 82.2 cm³/mol. The maximum absolute atomic E-state index is 12.1. The lowest BCUT2D eigenvalue weighted by atomic mass is 10.2. The standard InChI is InChI=1S/C14H25N3O2S/c1-4-15-12-13-6-8-14(9-7-13)20(18,19)16-10-5-11-17(2)3/h6-9,15-16H,4-5,10-12H2,1-3H3. The first-order chi connectivity index (χ1) is 9.45.